The van der Waals surface area contributed by atoms with Gasteiger partial charge in [-0.05, 0) is 51.5 Å². The molecule has 0 aliphatic heterocycles. The second-order valence-electron chi connectivity index (χ2n) is 7.06. The van der Waals surface area contributed by atoms with Gasteiger partial charge in [-0.2, -0.15) is 10.4 Å². The van der Waals surface area contributed by atoms with Crippen molar-refractivity contribution in [1.82, 2.24) is 9.99 Å². The molecule has 3 rings (SSSR count). The molecule has 154 valence electrons. The summed E-state index contributed by atoms with van der Waals surface area (Å²) in [5, 5.41) is 13.6. The molecule has 3 aromatic rings. The molecule has 0 bridgehead atoms. The van der Waals surface area contributed by atoms with E-state index in [0.29, 0.717) is 11.4 Å². The molecule has 7 heteroatoms. The molecule has 1 aromatic carbocycles. The smallest absolute Gasteiger partial charge is 0.244 e. The summed E-state index contributed by atoms with van der Waals surface area (Å²) in [7, 11) is 1.60. The van der Waals surface area contributed by atoms with E-state index in [9.17, 15) is 10.1 Å². The summed E-state index contributed by atoms with van der Waals surface area (Å²) in [4.78, 5) is 12.1. The number of furan rings is 1. The van der Waals surface area contributed by atoms with Gasteiger partial charge in [-0.3, -0.25) is 9.36 Å². The van der Waals surface area contributed by atoms with E-state index in [0.717, 1.165) is 39.6 Å². The lowest BCUT2D eigenvalue weighted by Crippen LogP contribution is -2.19. The summed E-state index contributed by atoms with van der Waals surface area (Å²) in [5.41, 5.74) is 7.38. The second kappa shape index (κ2) is 8.70. The molecule has 0 aliphatic carbocycles. The van der Waals surface area contributed by atoms with E-state index >= 15 is 0 Å². The van der Waals surface area contributed by atoms with Gasteiger partial charge in [-0.1, -0.05) is 12.1 Å². The Labute approximate surface area is 175 Å². The SMILES string of the molecule is COc1ccc(CC(=O)N/N=C/c2cc(C)n(-c3oc(C)c(C)c3C#N)c2C)cc1. The summed E-state index contributed by atoms with van der Waals surface area (Å²) in [6.07, 6.45) is 1.82. The maximum Gasteiger partial charge on any atom is 0.244 e. The first-order chi connectivity index (χ1) is 14.3. The zero-order valence-electron chi connectivity index (χ0n) is 17.7. The third-order valence-electron chi connectivity index (χ3n) is 5.07. The Kier molecular flexibility index (Phi) is 6.07. The quantitative estimate of drug-likeness (QED) is 0.498. The van der Waals surface area contributed by atoms with Crippen molar-refractivity contribution < 1.29 is 13.9 Å². The Morgan fingerprint density at radius 1 is 1.27 bits per heavy atom. The van der Waals surface area contributed by atoms with E-state index in [-0.39, 0.29) is 12.3 Å². The maximum atomic E-state index is 12.1. The second-order valence-corrected chi connectivity index (χ2v) is 7.06. The van der Waals surface area contributed by atoms with E-state index in [1.165, 1.54) is 0 Å². The molecular weight excluding hydrogens is 380 g/mol. The number of amides is 1. The number of carbonyl (C=O) groups excluding carboxylic acids is 1. The summed E-state index contributed by atoms with van der Waals surface area (Å²) in [6, 6.07) is 11.5. The minimum absolute atomic E-state index is 0.214. The zero-order valence-corrected chi connectivity index (χ0v) is 17.7. The predicted octanol–water partition coefficient (Wildman–Crippen LogP) is 3.88. The van der Waals surface area contributed by atoms with Crippen LogP contribution in [0.5, 0.6) is 5.75 Å². The van der Waals surface area contributed by atoms with Gasteiger partial charge in [0.1, 0.15) is 23.1 Å². The summed E-state index contributed by atoms with van der Waals surface area (Å²) in [5.74, 6) is 1.75. The normalized spacial score (nSPS) is 10.9. The zero-order chi connectivity index (χ0) is 21.8. The lowest BCUT2D eigenvalue weighted by atomic mass is 10.1. The number of hydrogen-bond acceptors (Lipinski definition) is 5. The molecular formula is C23H24N4O3. The highest BCUT2D eigenvalue weighted by molar-refractivity contribution is 5.84. The number of benzene rings is 1. The number of nitrogens with one attached hydrogen (secondary N) is 1. The number of aromatic nitrogens is 1. The Hall–Kier alpha value is -3.79. The molecule has 0 aliphatic rings. The highest BCUT2D eigenvalue weighted by Gasteiger charge is 2.20. The van der Waals surface area contributed by atoms with E-state index in [1.54, 1.807) is 13.3 Å². The van der Waals surface area contributed by atoms with Crippen molar-refractivity contribution in [3.8, 4) is 17.7 Å². The standard InChI is InChI=1S/C23H24N4O3/c1-14-10-19(16(3)27(14)23-21(12-24)15(2)17(4)30-23)13-25-26-22(28)11-18-6-8-20(29-5)9-7-18/h6-10,13H,11H2,1-5H3,(H,26,28)/b25-13+. The third-order valence-corrected chi connectivity index (χ3v) is 5.07. The number of nitriles is 1. The van der Waals surface area contributed by atoms with Crippen LogP contribution in [-0.2, 0) is 11.2 Å². The fourth-order valence-corrected chi connectivity index (χ4v) is 3.27. The largest absolute Gasteiger partial charge is 0.497 e. The van der Waals surface area contributed by atoms with Gasteiger partial charge < -0.3 is 9.15 Å². The van der Waals surface area contributed by atoms with Crippen LogP contribution in [0.25, 0.3) is 5.88 Å². The van der Waals surface area contributed by atoms with Gasteiger partial charge in [0, 0.05) is 22.5 Å². The van der Waals surface area contributed by atoms with Gasteiger partial charge in [0.15, 0.2) is 0 Å². The molecule has 2 aromatic heterocycles. The lowest BCUT2D eigenvalue weighted by Gasteiger charge is -2.06. The highest BCUT2D eigenvalue weighted by Crippen LogP contribution is 2.28. The van der Waals surface area contributed by atoms with Crippen LogP contribution in [0.1, 0.15) is 39.4 Å². The van der Waals surface area contributed by atoms with E-state index in [2.05, 4.69) is 16.6 Å². The van der Waals surface area contributed by atoms with Gasteiger partial charge in [0.2, 0.25) is 11.8 Å². The molecule has 0 spiro atoms. The molecule has 0 radical (unpaired) electrons. The monoisotopic (exact) mass is 404 g/mol. The first-order valence-electron chi connectivity index (χ1n) is 9.50. The number of ether oxygens (including phenoxy) is 1. The van der Waals surface area contributed by atoms with Crippen molar-refractivity contribution in [3.05, 3.63) is 69.7 Å². The van der Waals surface area contributed by atoms with Crippen molar-refractivity contribution >= 4 is 12.1 Å². The van der Waals surface area contributed by atoms with E-state index < -0.39 is 0 Å². The number of nitrogens with zero attached hydrogens (tertiary/aromatic N) is 3. The molecule has 0 saturated heterocycles. The van der Waals surface area contributed by atoms with Crippen molar-refractivity contribution in [1.29, 1.82) is 5.26 Å². The predicted molar refractivity (Wildman–Crippen MR) is 114 cm³/mol. The number of aryl methyl sites for hydroxylation is 2. The van der Waals surface area contributed by atoms with Crippen LogP contribution >= 0.6 is 0 Å². The van der Waals surface area contributed by atoms with Crippen LogP contribution < -0.4 is 10.2 Å². The van der Waals surface area contributed by atoms with Gasteiger partial charge in [0.25, 0.3) is 0 Å². The first-order valence-corrected chi connectivity index (χ1v) is 9.50. The van der Waals surface area contributed by atoms with Crippen molar-refractivity contribution in [2.45, 2.75) is 34.1 Å². The molecule has 0 fully saturated rings. The minimum Gasteiger partial charge on any atom is -0.497 e. The summed E-state index contributed by atoms with van der Waals surface area (Å²) < 4.78 is 12.8. The highest BCUT2D eigenvalue weighted by atomic mass is 16.5. The van der Waals surface area contributed by atoms with E-state index in [4.69, 9.17) is 9.15 Å². The van der Waals surface area contributed by atoms with Gasteiger partial charge in [-0.15, -0.1) is 0 Å². The van der Waals surface area contributed by atoms with Crippen molar-refractivity contribution in [3.63, 3.8) is 0 Å². The van der Waals surface area contributed by atoms with Crippen LogP contribution in [0.2, 0.25) is 0 Å². The topological polar surface area (TPSA) is 92.5 Å². The molecule has 30 heavy (non-hydrogen) atoms. The van der Waals surface area contributed by atoms with E-state index in [1.807, 2.05) is 62.6 Å². The number of hydrogen-bond donors (Lipinski definition) is 1. The van der Waals surface area contributed by atoms with Gasteiger partial charge in [-0.25, -0.2) is 5.43 Å². The lowest BCUT2D eigenvalue weighted by molar-refractivity contribution is -0.120. The van der Waals surface area contributed by atoms with Crippen LogP contribution in [-0.4, -0.2) is 23.8 Å². The van der Waals surface area contributed by atoms with Crippen LogP contribution in [0.3, 0.4) is 0 Å². The average Bonchev–Trinajstić information content (AvgIpc) is 3.16. The third kappa shape index (κ3) is 4.13. The molecule has 1 amide bonds. The molecule has 0 unspecified atom stereocenters. The fourth-order valence-electron chi connectivity index (χ4n) is 3.27. The van der Waals surface area contributed by atoms with Gasteiger partial charge in [0.05, 0.1) is 19.7 Å². The van der Waals surface area contributed by atoms with Crippen molar-refractivity contribution in [2.75, 3.05) is 7.11 Å². The number of hydrazone groups is 1. The fraction of sp³-hybridized carbons (Fsp3) is 0.261. The number of methoxy groups -OCH3 is 1. The van der Waals surface area contributed by atoms with Crippen LogP contribution in [0.4, 0.5) is 0 Å². The summed E-state index contributed by atoms with van der Waals surface area (Å²) >= 11 is 0. The molecule has 7 nitrogen and oxygen atoms in total. The minimum atomic E-state index is -0.214. The van der Waals surface area contributed by atoms with Crippen LogP contribution in [0, 0.1) is 39.0 Å². The average molecular weight is 404 g/mol. The molecule has 1 N–H and O–H groups in total. The first kappa shape index (κ1) is 20.9. The number of rotatable bonds is 6. The Morgan fingerprint density at radius 2 is 1.97 bits per heavy atom. The summed E-state index contributed by atoms with van der Waals surface area (Å²) in [6.45, 7) is 7.56. The maximum absolute atomic E-state index is 12.1. The Morgan fingerprint density at radius 3 is 2.60 bits per heavy atom. The van der Waals surface area contributed by atoms with Crippen molar-refractivity contribution in [2.24, 2.45) is 5.10 Å². The van der Waals surface area contributed by atoms with Crippen LogP contribution in [0.15, 0.2) is 39.9 Å². The Bertz CT molecular complexity index is 1140. The number of carbonyl (C=O) groups is 1. The molecule has 0 saturated carbocycles. The molecule has 2 heterocycles. The molecule has 0 atom stereocenters. The Balaban J connectivity index is 1.74. The van der Waals surface area contributed by atoms with Gasteiger partial charge >= 0.3 is 0 Å².